The molecule has 6 rings (SSSR count). The van der Waals surface area contributed by atoms with Crippen LogP contribution in [0.15, 0.2) is 72.8 Å². The number of aliphatic hydroxyl groups is 1. The molecular formula is C36H41FN4O7Si. The molecule has 4 atom stereocenters. The van der Waals surface area contributed by atoms with Crippen molar-refractivity contribution in [3.8, 4) is 0 Å². The number of anilines is 2. The molecule has 0 bridgehead atoms. The van der Waals surface area contributed by atoms with Crippen LogP contribution in [0.25, 0.3) is 0 Å². The van der Waals surface area contributed by atoms with Crippen molar-refractivity contribution in [1.29, 1.82) is 0 Å². The number of nitro benzene ring substituents is 1. The first-order valence-electron chi connectivity index (χ1n) is 16.6. The third kappa shape index (κ3) is 6.38. The van der Waals surface area contributed by atoms with Crippen molar-refractivity contribution in [3.05, 3.63) is 99.6 Å². The van der Waals surface area contributed by atoms with Gasteiger partial charge in [0.15, 0.2) is 5.60 Å². The second-order valence-electron chi connectivity index (χ2n) is 13.7. The molecule has 3 aliphatic rings. The number of carbonyl (C=O) groups is 3. The number of nitro groups is 1. The van der Waals surface area contributed by atoms with Crippen LogP contribution in [0, 0.1) is 16.0 Å². The van der Waals surface area contributed by atoms with Crippen LogP contribution in [0.4, 0.5) is 21.2 Å². The number of nitrogens with zero attached hydrogens (tertiary/aromatic N) is 4. The highest BCUT2D eigenvalue weighted by Crippen LogP contribution is 2.60. The number of aliphatic hydroxyl groups excluding tert-OH is 1. The van der Waals surface area contributed by atoms with Crippen molar-refractivity contribution >= 4 is 43.2 Å². The molecule has 0 unspecified atom stereocenters. The Balaban J connectivity index is 1.34. The second-order valence-corrected chi connectivity index (χ2v) is 17.5. The van der Waals surface area contributed by atoms with Gasteiger partial charge in [0, 0.05) is 60.9 Å². The highest BCUT2D eigenvalue weighted by atomic mass is 28.4. The van der Waals surface area contributed by atoms with Crippen LogP contribution in [0.3, 0.4) is 0 Å². The molecular weight excluding hydrogens is 648 g/mol. The van der Waals surface area contributed by atoms with Crippen molar-refractivity contribution in [1.82, 2.24) is 4.90 Å². The summed E-state index contributed by atoms with van der Waals surface area (Å²) in [4.78, 5) is 57.0. The topological polar surface area (TPSA) is 134 Å². The van der Waals surface area contributed by atoms with Gasteiger partial charge in [-0.1, -0.05) is 49.4 Å². The fourth-order valence-corrected chi connectivity index (χ4v) is 10.4. The summed E-state index contributed by atoms with van der Waals surface area (Å²) >= 11 is 0. The van der Waals surface area contributed by atoms with Crippen LogP contribution < -0.4 is 9.80 Å². The summed E-state index contributed by atoms with van der Waals surface area (Å²) in [6.07, 6.45) is 0.0914. The van der Waals surface area contributed by atoms with Gasteiger partial charge in [-0.15, -0.1) is 0 Å². The normalized spacial score (nSPS) is 23.4. The van der Waals surface area contributed by atoms with Crippen LogP contribution in [-0.4, -0.2) is 66.9 Å². The van der Waals surface area contributed by atoms with Gasteiger partial charge in [0.05, 0.1) is 36.3 Å². The van der Waals surface area contributed by atoms with E-state index in [-0.39, 0.29) is 55.7 Å². The molecule has 2 fully saturated rings. The minimum atomic E-state index is -3.63. The minimum Gasteiger partial charge on any atom is -0.395 e. The van der Waals surface area contributed by atoms with E-state index in [1.165, 1.54) is 41.1 Å². The lowest BCUT2D eigenvalue weighted by Crippen LogP contribution is -2.45. The fourth-order valence-electron chi connectivity index (χ4n) is 7.91. The van der Waals surface area contributed by atoms with Gasteiger partial charge < -0.3 is 28.7 Å². The summed E-state index contributed by atoms with van der Waals surface area (Å²) in [6.45, 7) is 5.60. The lowest BCUT2D eigenvalue weighted by molar-refractivity contribution is -0.385. The number of non-ortho nitro benzene ring substituents is 1. The van der Waals surface area contributed by atoms with Gasteiger partial charge in [0.25, 0.3) is 11.6 Å². The van der Waals surface area contributed by atoms with Crippen molar-refractivity contribution in [2.75, 3.05) is 29.5 Å². The molecule has 3 aliphatic heterocycles. The molecule has 0 aromatic heterocycles. The Labute approximate surface area is 285 Å². The first-order chi connectivity index (χ1) is 23.3. The van der Waals surface area contributed by atoms with Crippen molar-refractivity contribution in [2.45, 2.75) is 69.6 Å². The quantitative estimate of drug-likeness (QED) is 0.123. The number of ether oxygens (including phenoxy) is 1. The predicted octanol–water partition coefficient (Wildman–Crippen LogP) is 5.45. The summed E-state index contributed by atoms with van der Waals surface area (Å²) in [6, 6.07) is 20.9. The highest BCUT2D eigenvalue weighted by Gasteiger charge is 2.67. The molecule has 49 heavy (non-hydrogen) atoms. The van der Waals surface area contributed by atoms with Crippen LogP contribution in [0.5, 0.6) is 0 Å². The summed E-state index contributed by atoms with van der Waals surface area (Å²) in [7, 11) is -3.63. The monoisotopic (exact) mass is 688 g/mol. The maximum atomic E-state index is 16.4. The number of hydrogen-bond donors (Lipinski definition) is 1. The number of fused-ring (bicyclic) bond motifs is 2. The van der Waals surface area contributed by atoms with Gasteiger partial charge in [-0.05, 0) is 48.8 Å². The Morgan fingerprint density at radius 2 is 1.82 bits per heavy atom. The molecule has 11 nitrogen and oxygen atoms in total. The molecule has 13 heteroatoms. The van der Waals surface area contributed by atoms with E-state index in [0.717, 1.165) is 23.2 Å². The average Bonchev–Trinajstić information content (AvgIpc) is 3.70. The zero-order valence-electron chi connectivity index (χ0n) is 27.9. The number of halogens is 1. The van der Waals surface area contributed by atoms with Crippen LogP contribution in [-0.2, 0) is 37.8 Å². The van der Waals surface area contributed by atoms with E-state index in [1.54, 1.807) is 11.8 Å². The lowest BCUT2D eigenvalue weighted by Gasteiger charge is -2.31. The first kappa shape index (κ1) is 34.4. The lowest BCUT2D eigenvalue weighted by atomic mass is 9.82. The summed E-state index contributed by atoms with van der Waals surface area (Å²) in [5.41, 5.74) is 0.333. The maximum absolute atomic E-state index is 16.4. The van der Waals surface area contributed by atoms with E-state index in [1.807, 2.05) is 54.6 Å². The smallest absolute Gasteiger partial charge is 0.269 e. The summed E-state index contributed by atoms with van der Waals surface area (Å²) in [5, 5.41) is 21.7. The Kier molecular flexibility index (Phi) is 9.44. The van der Waals surface area contributed by atoms with Crippen LogP contribution in [0.1, 0.15) is 42.9 Å². The number of rotatable bonds is 11. The third-order valence-electron chi connectivity index (χ3n) is 10.1. The van der Waals surface area contributed by atoms with E-state index < -0.39 is 42.4 Å². The van der Waals surface area contributed by atoms with Crippen LogP contribution >= 0.6 is 0 Å². The molecule has 1 spiro atoms. The Hall–Kier alpha value is -4.46. The van der Waals surface area contributed by atoms with Gasteiger partial charge >= 0.3 is 0 Å². The molecule has 258 valence electrons. The average molecular weight is 689 g/mol. The third-order valence-corrected chi connectivity index (χ3v) is 12.6. The van der Waals surface area contributed by atoms with E-state index in [2.05, 4.69) is 0 Å². The van der Waals surface area contributed by atoms with Gasteiger partial charge in [-0.2, -0.15) is 0 Å². The number of amides is 3. The van der Waals surface area contributed by atoms with Crippen molar-refractivity contribution in [3.63, 3.8) is 0 Å². The van der Waals surface area contributed by atoms with Gasteiger partial charge in [-0.25, -0.2) is 0 Å². The number of carbonyl (C=O) groups excluding carboxylic acids is 3. The van der Waals surface area contributed by atoms with Gasteiger partial charge in [0.1, 0.15) is 0 Å². The standard InChI is InChI=1S/C36H41FN4O7Si/c1-24-34(49(2,3)37)31(21-33(44)38(18-19-42)22-25-8-5-4-6-9-25)48-36(24)29-20-28(41(46)47)15-16-30(29)40(35(36)45)23-26-11-13-27(14-12-26)39-17-7-10-32(39)43/h4-6,8-9,11-16,20,24,31,34,42H,7,10,17-19,21-23H2,1-3H3/t24-,31+,34-,36+/m1/s1. The molecule has 3 heterocycles. The fraction of sp³-hybridized carbons (Fsp3) is 0.417. The van der Waals surface area contributed by atoms with Gasteiger partial charge in [-0.3, -0.25) is 24.5 Å². The zero-order chi connectivity index (χ0) is 35.1. The van der Waals surface area contributed by atoms with E-state index >= 15 is 4.11 Å². The number of hydrogen-bond acceptors (Lipinski definition) is 7. The summed E-state index contributed by atoms with van der Waals surface area (Å²) in [5.74, 6) is -1.51. The van der Waals surface area contributed by atoms with Crippen LogP contribution in [0.2, 0.25) is 18.6 Å². The number of benzene rings is 3. The molecule has 0 radical (unpaired) electrons. The Bertz CT molecular complexity index is 1750. The van der Waals surface area contributed by atoms with Crippen molar-refractivity contribution in [2.24, 2.45) is 5.92 Å². The molecule has 3 aromatic carbocycles. The SMILES string of the molecule is C[C@@H]1[C@@H]([Si](C)(C)F)[C@H](CC(=O)N(CCO)Cc2ccccc2)O[C@@]12C(=O)N(Cc1ccc(N3CCCC3=O)cc1)c1ccc([N+](=O)[O-])cc12. The van der Waals surface area contributed by atoms with E-state index in [9.17, 15) is 29.6 Å². The molecule has 0 aliphatic carbocycles. The zero-order valence-corrected chi connectivity index (χ0v) is 28.9. The van der Waals surface area contributed by atoms with Crippen molar-refractivity contribution < 1.29 is 33.3 Å². The Morgan fingerprint density at radius 1 is 1.10 bits per heavy atom. The second kappa shape index (κ2) is 13.4. The van der Waals surface area contributed by atoms with E-state index in [4.69, 9.17) is 4.74 Å². The maximum Gasteiger partial charge on any atom is 0.269 e. The highest BCUT2D eigenvalue weighted by molar-refractivity contribution is 6.72. The molecule has 3 aromatic rings. The molecule has 2 saturated heterocycles. The first-order valence-corrected chi connectivity index (χ1v) is 19.6. The molecule has 3 amide bonds. The molecule has 0 saturated carbocycles. The largest absolute Gasteiger partial charge is 0.395 e. The van der Waals surface area contributed by atoms with Gasteiger partial charge in [0.2, 0.25) is 20.2 Å². The summed E-state index contributed by atoms with van der Waals surface area (Å²) < 4.78 is 23.0. The predicted molar refractivity (Wildman–Crippen MR) is 184 cm³/mol. The minimum absolute atomic E-state index is 0.0637. The van der Waals surface area contributed by atoms with E-state index in [0.29, 0.717) is 18.7 Å². The Morgan fingerprint density at radius 3 is 2.43 bits per heavy atom. The molecule has 1 N–H and O–H groups in total.